The molecule has 3 aliphatic carbocycles. The molecule has 1 saturated heterocycles. The van der Waals surface area contributed by atoms with Crippen LogP contribution in [-0.2, 0) is 24.4 Å². The van der Waals surface area contributed by atoms with E-state index in [0.717, 1.165) is 5.56 Å². The standard InChI is InChI=1S/C36H33F2N3O7/c1-40(2)28-24-13-22-12-21-11-20-9-8-19(14-41-16-35(37,38)17-41)10-23(20)29(42)25(21)30(43)26(22)32(44)36(24,46)33(45)27-31(28)48-39-34(27)47-15-18-6-4-3-5-7-18/h3-11,22,24,28,42-43,46H,12-17H2,1-2H3/t22-,24-,28-,36-/m0/s1. The molecule has 0 spiro atoms. The highest BCUT2D eigenvalue weighted by molar-refractivity contribution is 6.26. The maximum atomic E-state index is 14.4. The van der Waals surface area contributed by atoms with Gasteiger partial charge in [-0.25, -0.2) is 8.78 Å². The number of benzene rings is 3. The van der Waals surface area contributed by atoms with Gasteiger partial charge in [0.2, 0.25) is 11.6 Å². The number of nitrogens with zero attached hydrogens (tertiary/aromatic N) is 3. The number of likely N-dealkylation sites (tertiary alicyclic amines) is 1. The number of Topliss-reactive ketones (excluding diaryl/α,β-unsaturated/α-hetero) is 2. The summed E-state index contributed by atoms with van der Waals surface area (Å²) in [4.78, 5) is 32.0. The zero-order valence-electron chi connectivity index (χ0n) is 26.2. The molecule has 4 atom stereocenters. The van der Waals surface area contributed by atoms with Gasteiger partial charge in [-0.05, 0) is 66.2 Å². The van der Waals surface area contributed by atoms with Crippen LogP contribution in [-0.4, -0.2) is 80.6 Å². The molecule has 2 heterocycles. The topological polar surface area (TPSA) is 137 Å². The van der Waals surface area contributed by atoms with Crippen LogP contribution in [0.3, 0.4) is 0 Å². The molecule has 0 amide bonds. The van der Waals surface area contributed by atoms with E-state index in [1.165, 1.54) is 0 Å². The summed E-state index contributed by atoms with van der Waals surface area (Å²) in [5.41, 5.74) is -0.610. The lowest BCUT2D eigenvalue weighted by atomic mass is 9.57. The smallest absolute Gasteiger partial charge is 0.272 e. The molecule has 1 saturated carbocycles. The number of halogens is 2. The summed E-state index contributed by atoms with van der Waals surface area (Å²) in [6, 6.07) is 15.7. The minimum atomic E-state index is -2.71. The average molecular weight is 658 g/mol. The summed E-state index contributed by atoms with van der Waals surface area (Å²) < 4.78 is 38.4. The molecule has 4 aliphatic rings. The quantitative estimate of drug-likeness (QED) is 0.248. The lowest BCUT2D eigenvalue weighted by Crippen LogP contribution is -2.63. The summed E-state index contributed by atoms with van der Waals surface area (Å²) in [5.74, 6) is -6.73. The third kappa shape index (κ3) is 4.50. The van der Waals surface area contributed by atoms with Gasteiger partial charge in [0.15, 0.2) is 11.4 Å². The summed E-state index contributed by atoms with van der Waals surface area (Å²) in [7, 11) is 3.51. The number of fused-ring (bicyclic) bond motifs is 5. The highest BCUT2D eigenvalue weighted by Crippen LogP contribution is 2.56. The van der Waals surface area contributed by atoms with Gasteiger partial charge < -0.3 is 24.6 Å². The van der Waals surface area contributed by atoms with Gasteiger partial charge in [0.05, 0.1) is 24.7 Å². The van der Waals surface area contributed by atoms with Gasteiger partial charge in [-0.15, -0.1) is 0 Å². The fourth-order valence-corrected chi connectivity index (χ4v) is 8.14. The Hall–Kier alpha value is -4.65. The predicted molar refractivity (Wildman–Crippen MR) is 169 cm³/mol. The van der Waals surface area contributed by atoms with Crippen molar-refractivity contribution in [3.05, 3.63) is 93.7 Å². The van der Waals surface area contributed by atoms with Crippen LogP contribution in [0, 0.1) is 11.8 Å². The molecule has 1 aromatic heterocycles. The maximum Gasteiger partial charge on any atom is 0.272 e. The first-order chi connectivity index (χ1) is 22.9. The van der Waals surface area contributed by atoms with E-state index in [-0.39, 0.29) is 73.2 Å². The van der Waals surface area contributed by atoms with Gasteiger partial charge in [-0.2, -0.15) is 0 Å². The third-order valence-corrected chi connectivity index (χ3v) is 10.3. The van der Waals surface area contributed by atoms with Crippen molar-refractivity contribution in [3.63, 3.8) is 0 Å². The number of ketones is 2. The molecule has 1 aliphatic heterocycles. The number of carbonyl (C=O) groups is 2. The highest BCUT2D eigenvalue weighted by Gasteiger charge is 2.65. The van der Waals surface area contributed by atoms with E-state index in [1.54, 1.807) is 36.0 Å². The van der Waals surface area contributed by atoms with E-state index >= 15 is 0 Å². The molecule has 3 aromatic carbocycles. The summed E-state index contributed by atoms with van der Waals surface area (Å²) in [5, 5.41) is 40.5. The van der Waals surface area contributed by atoms with Crippen molar-refractivity contribution in [2.75, 3.05) is 27.2 Å². The van der Waals surface area contributed by atoms with Crippen molar-refractivity contribution in [2.45, 2.75) is 43.6 Å². The number of phenols is 1. The van der Waals surface area contributed by atoms with Gasteiger partial charge in [0.25, 0.3) is 11.8 Å². The monoisotopic (exact) mass is 657 g/mol. The van der Waals surface area contributed by atoms with Crippen molar-refractivity contribution in [1.29, 1.82) is 0 Å². The zero-order valence-corrected chi connectivity index (χ0v) is 26.2. The first kappa shape index (κ1) is 30.7. The number of hydrogen-bond donors (Lipinski definition) is 3. The van der Waals surface area contributed by atoms with E-state index in [4.69, 9.17) is 9.26 Å². The number of aromatic nitrogens is 1. The number of phenolic OH excluding ortho intramolecular Hbond substituents is 1. The van der Waals surface area contributed by atoms with Crippen molar-refractivity contribution in [1.82, 2.24) is 15.0 Å². The van der Waals surface area contributed by atoms with Gasteiger partial charge in [0, 0.05) is 23.4 Å². The average Bonchev–Trinajstić information content (AvgIpc) is 3.45. The Morgan fingerprint density at radius 1 is 1.02 bits per heavy atom. The Bertz CT molecular complexity index is 2030. The van der Waals surface area contributed by atoms with Crippen LogP contribution < -0.4 is 4.74 Å². The number of ether oxygens (including phenoxy) is 1. The number of hydrogen-bond acceptors (Lipinski definition) is 10. The fourth-order valence-electron chi connectivity index (χ4n) is 8.14. The molecule has 48 heavy (non-hydrogen) atoms. The van der Waals surface area contributed by atoms with Crippen LogP contribution in [0.15, 0.2) is 64.7 Å². The first-order valence-electron chi connectivity index (χ1n) is 15.8. The summed E-state index contributed by atoms with van der Waals surface area (Å²) in [6.45, 7) is -0.348. The largest absolute Gasteiger partial charge is 0.507 e. The maximum absolute atomic E-state index is 14.4. The minimum Gasteiger partial charge on any atom is -0.507 e. The van der Waals surface area contributed by atoms with Gasteiger partial charge in [0.1, 0.15) is 23.7 Å². The molecule has 3 N–H and O–H groups in total. The van der Waals surface area contributed by atoms with Crippen LogP contribution in [0.4, 0.5) is 8.78 Å². The van der Waals surface area contributed by atoms with E-state index in [9.17, 15) is 33.7 Å². The third-order valence-electron chi connectivity index (χ3n) is 10.3. The van der Waals surface area contributed by atoms with E-state index in [2.05, 4.69) is 5.16 Å². The van der Waals surface area contributed by atoms with Crippen molar-refractivity contribution in [2.24, 2.45) is 11.8 Å². The van der Waals surface area contributed by atoms with E-state index in [1.807, 2.05) is 42.5 Å². The SMILES string of the molecule is CN(C)[C@@H]1c2onc(OCc3ccccc3)c2C(=O)[C@@]2(O)C(=O)C3=C(O)c4c(cc5ccc(CN6CC(F)(F)C6)cc5c4O)C[C@H]3C[C@@H]12. The molecule has 2 fully saturated rings. The Balaban J connectivity index is 1.18. The number of rotatable bonds is 6. The van der Waals surface area contributed by atoms with Gasteiger partial charge in [-0.3, -0.25) is 19.4 Å². The van der Waals surface area contributed by atoms with Crippen molar-refractivity contribution in [3.8, 4) is 11.6 Å². The molecular formula is C36H33F2N3O7. The number of aromatic hydroxyl groups is 1. The normalized spacial score (nSPS) is 26.2. The van der Waals surface area contributed by atoms with Crippen LogP contribution in [0.2, 0.25) is 0 Å². The Morgan fingerprint density at radius 3 is 2.48 bits per heavy atom. The molecule has 12 heteroatoms. The van der Waals surface area contributed by atoms with E-state index in [0.29, 0.717) is 21.9 Å². The molecule has 10 nitrogen and oxygen atoms in total. The highest BCUT2D eigenvalue weighted by atomic mass is 19.3. The molecule has 0 radical (unpaired) electrons. The van der Waals surface area contributed by atoms with Gasteiger partial charge in [-0.1, -0.05) is 48.5 Å². The number of aliphatic hydroxyl groups excluding tert-OH is 1. The second-order valence-electron chi connectivity index (χ2n) is 13.7. The number of alkyl halides is 2. The van der Waals surface area contributed by atoms with Crippen LogP contribution in [0.1, 0.15) is 50.8 Å². The Morgan fingerprint density at radius 2 is 1.77 bits per heavy atom. The molecule has 248 valence electrons. The van der Waals surface area contributed by atoms with E-state index < -0.39 is 46.7 Å². The minimum absolute atomic E-state index is 0.0572. The molecular weight excluding hydrogens is 624 g/mol. The lowest BCUT2D eigenvalue weighted by Gasteiger charge is -2.49. The molecule has 8 rings (SSSR count). The second kappa shape index (κ2) is 10.7. The Kier molecular flexibility index (Phi) is 6.82. The molecule has 0 bridgehead atoms. The van der Waals surface area contributed by atoms with Crippen LogP contribution >= 0.6 is 0 Å². The summed E-state index contributed by atoms with van der Waals surface area (Å²) >= 11 is 0. The van der Waals surface area contributed by atoms with Crippen LogP contribution in [0.5, 0.6) is 11.6 Å². The van der Waals surface area contributed by atoms with Crippen molar-refractivity contribution >= 4 is 28.1 Å². The number of aliphatic hydroxyl groups is 2. The zero-order chi connectivity index (χ0) is 33.7. The number of carbonyl (C=O) groups excluding carboxylic acids is 2. The van der Waals surface area contributed by atoms with Crippen LogP contribution in [0.25, 0.3) is 16.5 Å². The summed E-state index contributed by atoms with van der Waals surface area (Å²) in [6.07, 6.45) is 0.429. The fraction of sp³-hybridized carbons (Fsp3) is 0.361. The molecule has 4 aromatic rings. The first-order valence-corrected chi connectivity index (χ1v) is 15.8. The Labute approximate surface area is 273 Å². The second-order valence-corrected chi connectivity index (χ2v) is 13.7. The van der Waals surface area contributed by atoms with Crippen molar-refractivity contribution < 1.29 is 42.9 Å². The van der Waals surface area contributed by atoms with Gasteiger partial charge >= 0.3 is 0 Å². The molecule has 0 unspecified atom stereocenters. The lowest BCUT2D eigenvalue weighted by molar-refractivity contribution is -0.142. The predicted octanol–water partition coefficient (Wildman–Crippen LogP) is 4.82.